The smallest absolute Gasteiger partial charge is 0.0893 e. The van der Waals surface area contributed by atoms with E-state index in [-0.39, 0.29) is 6.04 Å². The van der Waals surface area contributed by atoms with Gasteiger partial charge in [0.05, 0.1) is 11.7 Å². The molecule has 2 N–H and O–H groups in total. The Morgan fingerprint density at radius 1 is 1.21 bits per heavy atom. The monoisotopic (exact) mass is 277 g/mol. The van der Waals surface area contributed by atoms with E-state index >= 15 is 0 Å². The van der Waals surface area contributed by atoms with E-state index in [1.165, 1.54) is 5.69 Å². The van der Waals surface area contributed by atoms with Crippen LogP contribution < -0.4 is 5.73 Å². The number of hydrogen-bond donors (Lipinski definition) is 1. The van der Waals surface area contributed by atoms with E-state index in [0.717, 1.165) is 29.1 Å². The maximum absolute atomic E-state index is 5.96. The van der Waals surface area contributed by atoms with Crippen LogP contribution in [0.4, 0.5) is 0 Å². The van der Waals surface area contributed by atoms with Crippen LogP contribution in [0.25, 0.3) is 0 Å². The largest absolute Gasteiger partial charge is 0.328 e. The van der Waals surface area contributed by atoms with Gasteiger partial charge in [0.2, 0.25) is 0 Å². The first-order valence-corrected chi connectivity index (χ1v) is 7.10. The average Bonchev–Trinajstić information content (AvgIpc) is 2.85. The standard InChI is InChI=1S/C15H20ClN3/c1-3-13-9-14(4-2)19(18-13)15(10-17)11-5-7-12(16)8-6-11/h5-9,15H,3-4,10,17H2,1-2H3. The molecule has 0 saturated heterocycles. The van der Waals surface area contributed by atoms with Gasteiger partial charge in [0.15, 0.2) is 0 Å². The molecule has 0 aliphatic carbocycles. The maximum atomic E-state index is 5.96. The van der Waals surface area contributed by atoms with Crippen molar-refractivity contribution in [1.29, 1.82) is 0 Å². The lowest BCUT2D eigenvalue weighted by Crippen LogP contribution is -2.23. The molecule has 0 aliphatic rings. The van der Waals surface area contributed by atoms with E-state index < -0.39 is 0 Å². The number of nitrogens with two attached hydrogens (primary N) is 1. The van der Waals surface area contributed by atoms with E-state index in [2.05, 4.69) is 29.7 Å². The highest BCUT2D eigenvalue weighted by Gasteiger charge is 2.16. The molecule has 1 unspecified atom stereocenters. The van der Waals surface area contributed by atoms with Gasteiger partial charge in [-0.2, -0.15) is 5.10 Å². The summed E-state index contributed by atoms with van der Waals surface area (Å²) in [6.45, 7) is 4.79. The Balaban J connectivity index is 2.41. The Bertz CT molecular complexity index is 531. The van der Waals surface area contributed by atoms with Gasteiger partial charge in [-0.05, 0) is 36.6 Å². The van der Waals surface area contributed by atoms with Crippen molar-refractivity contribution in [1.82, 2.24) is 9.78 Å². The molecule has 2 aromatic rings. The molecule has 1 atom stereocenters. The molecule has 0 radical (unpaired) electrons. The van der Waals surface area contributed by atoms with Crippen LogP contribution in [0.2, 0.25) is 5.02 Å². The number of aromatic nitrogens is 2. The van der Waals surface area contributed by atoms with Crippen molar-refractivity contribution in [3.05, 3.63) is 52.3 Å². The molecular formula is C15H20ClN3. The van der Waals surface area contributed by atoms with E-state index in [1.54, 1.807) is 0 Å². The van der Waals surface area contributed by atoms with Gasteiger partial charge < -0.3 is 5.73 Å². The summed E-state index contributed by atoms with van der Waals surface area (Å²) in [4.78, 5) is 0. The summed E-state index contributed by atoms with van der Waals surface area (Å²) >= 11 is 5.94. The fourth-order valence-corrected chi connectivity index (χ4v) is 2.38. The molecular weight excluding hydrogens is 258 g/mol. The zero-order valence-corrected chi connectivity index (χ0v) is 12.2. The molecule has 1 aromatic heterocycles. The second-order valence-corrected chi connectivity index (χ2v) is 5.02. The first-order chi connectivity index (χ1) is 9.19. The van der Waals surface area contributed by atoms with E-state index in [9.17, 15) is 0 Å². The summed E-state index contributed by atoms with van der Waals surface area (Å²) in [5.74, 6) is 0. The fraction of sp³-hybridized carbons (Fsp3) is 0.400. The highest BCUT2D eigenvalue weighted by atomic mass is 35.5. The van der Waals surface area contributed by atoms with Gasteiger partial charge in [-0.15, -0.1) is 0 Å². The van der Waals surface area contributed by atoms with Gasteiger partial charge in [0.25, 0.3) is 0 Å². The molecule has 1 aromatic carbocycles. The summed E-state index contributed by atoms with van der Waals surface area (Å²) < 4.78 is 2.06. The minimum atomic E-state index is 0.0764. The predicted molar refractivity (Wildman–Crippen MR) is 79.6 cm³/mol. The van der Waals surface area contributed by atoms with Crippen LogP contribution in [0, 0.1) is 0 Å². The highest BCUT2D eigenvalue weighted by Crippen LogP contribution is 2.22. The summed E-state index contributed by atoms with van der Waals surface area (Å²) in [5.41, 5.74) is 9.44. The van der Waals surface area contributed by atoms with Crippen LogP contribution in [-0.4, -0.2) is 16.3 Å². The minimum Gasteiger partial charge on any atom is -0.328 e. The van der Waals surface area contributed by atoms with E-state index in [4.69, 9.17) is 17.3 Å². The molecule has 1 heterocycles. The maximum Gasteiger partial charge on any atom is 0.0893 e. The number of rotatable bonds is 5. The molecule has 0 spiro atoms. The van der Waals surface area contributed by atoms with Gasteiger partial charge in [-0.3, -0.25) is 4.68 Å². The molecule has 102 valence electrons. The normalized spacial score (nSPS) is 12.6. The van der Waals surface area contributed by atoms with Gasteiger partial charge >= 0.3 is 0 Å². The van der Waals surface area contributed by atoms with Gasteiger partial charge in [-0.25, -0.2) is 0 Å². The lowest BCUT2D eigenvalue weighted by Gasteiger charge is -2.18. The molecule has 0 bridgehead atoms. The number of halogens is 1. The number of hydrogen-bond acceptors (Lipinski definition) is 2. The quantitative estimate of drug-likeness (QED) is 0.912. The Morgan fingerprint density at radius 2 is 1.89 bits per heavy atom. The summed E-state index contributed by atoms with van der Waals surface area (Å²) in [6.07, 6.45) is 1.90. The van der Waals surface area contributed by atoms with E-state index in [1.807, 2.05) is 24.3 Å². The van der Waals surface area contributed by atoms with Crippen LogP contribution >= 0.6 is 11.6 Å². The van der Waals surface area contributed by atoms with Crippen molar-refractivity contribution < 1.29 is 0 Å². The SMILES string of the molecule is CCc1cc(CC)n(C(CN)c2ccc(Cl)cc2)n1. The van der Waals surface area contributed by atoms with Crippen LogP contribution in [-0.2, 0) is 12.8 Å². The molecule has 2 rings (SSSR count). The topological polar surface area (TPSA) is 43.8 Å². The lowest BCUT2D eigenvalue weighted by molar-refractivity contribution is 0.508. The summed E-state index contributed by atoms with van der Waals surface area (Å²) in [6, 6.07) is 10.1. The fourth-order valence-electron chi connectivity index (χ4n) is 2.26. The highest BCUT2D eigenvalue weighted by molar-refractivity contribution is 6.30. The van der Waals surface area contributed by atoms with Gasteiger partial charge in [0.1, 0.15) is 0 Å². The molecule has 0 saturated carbocycles. The Kier molecular flexibility index (Phi) is 4.61. The summed E-state index contributed by atoms with van der Waals surface area (Å²) in [7, 11) is 0. The molecule has 0 fully saturated rings. The minimum absolute atomic E-state index is 0.0764. The number of nitrogens with zero attached hydrogens (tertiary/aromatic N) is 2. The van der Waals surface area contributed by atoms with E-state index in [0.29, 0.717) is 6.54 Å². The third-order valence-corrected chi connectivity index (χ3v) is 3.61. The van der Waals surface area contributed by atoms with Crippen LogP contribution in [0.15, 0.2) is 30.3 Å². The van der Waals surface area contributed by atoms with Crippen LogP contribution in [0.3, 0.4) is 0 Å². The Labute approximate surface area is 119 Å². The number of benzene rings is 1. The lowest BCUT2D eigenvalue weighted by atomic mass is 10.1. The first kappa shape index (κ1) is 14.1. The second-order valence-electron chi connectivity index (χ2n) is 4.58. The van der Waals surface area contributed by atoms with Crippen LogP contribution in [0.5, 0.6) is 0 Å². The number of aryl methyl sites for hydroxylation is 2. The third kappa shape index (κ3) is 2.99. The molecule has 3 nitrogen and oxygen atoms in total. The van der Waals surface area contributed by atoms with Crippen molar-refractivity contribution in [2.75, 3.05) is 6.54 Å². The van der Waals surface area contributed by atoms with Gasteiger partial charge in [0, 0.05) is 17.3 Å². The molecule has 4 heteroatoms. The molecule has 19 heavy (non-hydrogen) atoms. The second kappa shape index (κ2) is 6.22. The Hall–Kier alpha value is -1.32. The van der Waals surface area contributed by atoms with Crippen molar-refractivity contribution in [2.45, 2.75) is 32.7 Å². The zero-order valence-electron chi connectivity index (χ0n) is 11.4. The van der Waals surface area contributed by atoms with Crippen molar-refractivity contribution >= 4 is 11.6 Å². The van der Waals surface area contributed by atoms with Crippen molar-refractivity contribution in [2.24, 2.45) is 5.73 Å². The van der Waals surface area contributed by atoms with Gasteiger partial charge in [-0.1, -0.05) is 37.6 Å². The summed E-state index contributed by atoms with van der Waals surface area (Å²) in [5, 5.41) is 5.41. The Morgan fingerprint density at radius 3 is 2.42 bits per heavy atom. The van der Waals surface area contributed by atoms with Crippen molar-refractivity contribution in [3.8, 4) is 0 Å². The van der Waals surface area contributed by atoms with Crippen LogP contribution in [0.1, 0.15) is 36.8 Å². The molecule has 0 amide bonds. The average molecular weight is 278 g/mol. The zero-order chi connectivity index (χ0) is 13.8. The first-order valence-electron chi connectivity index (χ1n) is 6.72. The van der Waals surface area contributed by atoms with Crippen molar-refractivity contribution in [3.63, 3.8) is 0 Å². The predicted octanol–water partition coefficient (Wildman–Crippen LogP) is 3.21. The third-order valence-electron chi connectivity index (χ3n) is 3.36. The molecule has 0 aliphatic heterocycles.